The van der Waals surface area contributed by atoms with Crippen LogP contribution in [0.15, 0.2) is 12.1 Å². The standard InChI is InChI=1S/C11H17N3O/c1-7-5-6-10(8(2)13-7)14-11(15)9(3)12-4/h5-6,9,12H,1-4H3,(H,14,15). The van der Waals surface area contributed by atoms with Gasteiger partial charge in [0.05, 0.1) is 17.4 Å². The summed E-state index contributed by atoms with van der Waals surface area (Å²) in [5.41, 5.74) is 2.56. The van der Waals surface area contributed by atoms with Crippen LogP contribution < -0.4 is 10.6 Å². The fourth-order valence-corrected chi connectivity index (χ4v) is 1.19. The lowest BCUT2D eigenvalue weighted by Gasteiger charge is -2.12. The molecule has 1 unspecified atom stereocenters. The van der Waals surface area contributed by atoms with E-state index in [0.717, 1.165) is 17.1 Å². The fraction of sp³-hybridized carbons (Fsp3) is 0.455. The molecule has 0 saturated carbocycles. The summed E-state index contributed by atoms with van der Waals surface area (Å²) < 4.78 is 0. The summed E-state index contributed by atoms with van der Waals surface area (Å²) in [5.74, 6) is -0.0498. The summed E-state index contributed by atoms with van der Waals surface area (Å²) in [5, 5.41) is 5.71. The third kappa shape index (κ3) is 3.02. The number of aryl methyl sites for hydroxylation is 2. The Labute approximate surface area is 90.1 Å². The summed E-state index contributed by atoms with van der Waals surface area (Å²) in [4.78, 5) is 15.9. The Morgan fingerprint density at radius 2 is 2.07 bits per heavy atom. The predicted octanol–water partition coefficient (Wildman–Crippen LogP) is 1.24. The fourth-order valence-electron chi connectivity index (χ4n) is 1.19. The first kappa shape index (κ1) is 11.7. The average molecular weight is 207 g/mol. The third-order valence-electron chi connectivity index (χ3n) is 2.31. The number of pyridine rings is 1. The number of carbonyl (C=O) groups excluding carboxylic acids is 1. The van der Waals surface area contributed by atoms with E-state index in [9.17, 15) is 4.79 Å². The molecule has 0 aliphatic heterocycles. The second-order valence-corrected chi connectivity index (χ2v) is 3.59. The summed E-state index contributed by atoms with van der Waals surface area (Å²) in [6.07, 6.45) is 0. The van der Waals surface area contributed by atoms with Gasteiger partial charge in [0, 0.05) is 5.69 Å². The minimum Gasteiger partial charge on any atom is -0.323 e. The van der Waals surface area contributed by atoms with Crippen LogP contribution in [0.2, 0.25) is 0 Å². The van der Waals surface area contributed by atoms with Crippen LogP contribution in [0.25, 0.3) is 0 Å². The number of hydrogen-bond donors (Lipinski definition) is 2. The van der Waals surface area contributed by atoms with Gasteiger partial charge in [0.2, 0.25) is 5.91 Å². The molecular formula is C11H17N3O. The van der Waals surface area contributed by atoms with Crippen LogP contribution in [0.1, 0.15) is 18.3 Å². The van der Waals surface area contributed by atoms with E-state index in [0.29, 0.717) is 0 Å². The first-order valence-corrected chi connectivity index (χ1v) is 4.97. The van der Waals surface area contributed by atoms with Crippen LogP contribution in [0.5, 0.6) is 0 Å². The molecule has 0 aromatic carbocycles. The van der Waals surface area contributed by atoms with Crippen molar-refractivity contribution in [3.05, 3.63) is 23.5 Å². The molecule has 1 atom stereocenters. The molecule has 1 rings (SSSR count). The van der Waals surface area contributed by atoms with Crippen molar-refractivity contribution in [2.45, 2.75) is 26.8 Å². The molecule has 0 radical (unpaired) electrons. The first-order chi connectivity index (χ1) is 7.04. The zero-order valence-electron chi connectivity index (χ0n) is 9.59. The molecule has 0 aliphatic rings. The molecule has 1 aromatic heterocycles. The highest BCUT2D eigenvalue weighted by Crippen LogP contribution is 2.12. The quantitative estimate of drug-likeness (QED) is 0.784. The Hall–Kier alpha value is -1.42. The Balaban J connectivity index is 2.77. The zero-order valence-corrected chi connectivity index (χ0v) is 9.59. The molecule has 0 spiro atoms. The van der Waals surface area contributed by atoms with Crippen LogP contribution in [-0.2, 0) is 4.79 Å². The largest absolute Gasteiger partial charge is 0.323 e. The van der Waals surface area contributed by atoms with E-state index in [-0.39, 0.29) is 11.9 Å². The van der Waals surface area contributed by atoms with Crippen molar-refractivity contribution >= 4 is 11.6 Å². The van der Waals surface area contributed by atoms with E-state index >= 15 is 0 Å². The van der Waals surface area contributed by atoms with Crippen LogP contribution >= 0.6 is 0 Å². The van der Waals surface area contributed by atoms with Crippen LogP contribution in [0.4, 0.5) is 5.69 Å². The van der Waals surface area contributed by atoms with Crippen molar-refractivity contribution in [2.75, 3.05) is 12.4 Å². The second kappa shape index (κ2) is 4.89. The summed E-state index contributed by atoms with van der Waals surface area (Å²) >= 11 is 0. The van der Waals surface area contributed by atoms with E-state index in [2.05, 4.69) is 15.6 Å². The molecule has 0 fully saturated rings. The normalized spacial score (nSPS) is 12.3. The lowest BCUT2D eigenvalue weighted by atomic mass is 10.2. The van der Waals surface area contributed by atoms with E-state index in [4.69, 9.17) is 0 Å². The van der Waals surface area contributed by atoms with Crippen molar-refractivity contribution in [1.82, 2.24) is 10.3 Å². The number of nitrogens with zero attached hydrogens (tertiary/aromatic N) is 1. The molecule has 1 heterocycles. The molecule has 15 heavy (non-hydrogen) atoms. The highest BCUT2D eigenvalue weighted by atomic mass is 16.2. The van der Waals surface area contributed by atoms with E-state index in [1.807, 2.05) is 32.9 Å². The van der Waals surface area contributed by atoms with Gasteiger partial charge in [-0.25, -0.2) is 0 Å². The SMILES string of the molecule is CNC(C)C(=O)Nc1ccc(C)nc1C. The Morgan fingerprint density at radius 1 is 1.40 bits per heavy atom. The van der Waals surface area contributed by atoms with Gasteiger partial charge in [-0.1, -0.05) is 0 Å². The maximum atomic E-state index is 11.6. The van der Waals surface area contributed by atoms with E-state index in [1.165, 1.54) is 0 Å². The van der Waals surface area contributed by atoms with Crippen molar-refractivity contribution in [3.63, 3.8) is 0 Å². The molecular weight excluding hydrogens is 190 g/mol. The topological polar surface area (TPSA) is 54.0 Å². The molecule has 0 aliphatic carbocycles. The Kier molecular flexibility index (Phi) is 3.80. The highest BCUT2D eigenvalue weighted by molar-refractivity contribution is 5.94. The maximum absolute atomic E-state index is 11.6. The van der Waals surface area contributed by atoms with Gasteiger partial charge in [-0.3, -0.25) is 9.78 Å². The zero-order chi connectivity index (χ0) is 11.4. The molecule has 82 valence electrons. The number of aromatic nitrogens is 1. The van der Waals surface area contributed by atoms with Gasteiger partial charge in [0.25, 0.3) is 0 Å². The Morgan fingerprint density at radius 3 is 2.60 bits per heavy atom. The van der Waals surface area contributed by atoms with Gasteiger partial charge < -0.3 is 10.6 Å². The number of nitrogens with one attached hydrogen (secondary N) is 2. The van der Waals surface area contributed by atoms with Crippen LogP contribution in [-0.4, -0.2) is 24.0 Å². The summed E-state index contributed by atoms with van der Waals surface area (Å²) in [6.45, 7) is 5.62. The van der Waals surface area contributed by atoms with Crippen molar-refractivity contribution in [1.29, 1.82) is 0 Å². The number of amides is 1. The van der Waals surface area contributed by atoms with Gasteiger partial charge >= 0.3 is 0 Å². The Bertz CT molecular complexity index is 363. The molecule has 1 aromatic rings. The highest BCUT2D eigenvalue weighted by Gasteiger charge is 2.11. The molecule has 4 heteroatoms. The summed E-state index contributed by atoms with van der Waals surface area (Å²) in [6, 6.07) is 3.55. The van der Waals surface area contributed by atoms with Crippen molar-refractivity contribution in [3.8, 4) is 0 Å². The molecule has 1 amide bonds. The van der Waals surface area contributed by atoms with Gasteiger partial charge in [-0.2, -0.15) is 0 Å². The molecule has 0 bridgehead atoms. The van der Waals surface area contributed by atoms with Crippen LogP contribution in [0, 0.1) is 13.8 Å². The number of carbonyl (C=O) groups is 1. The van der Waals surface area contributed by atoms with Crippen LogP contribution in [0.3, 0.4) is 0 Å². The minimum atomic E-state index is -0.203. The average Bonchev–Trinajstić information content (AvgIpc) is 2.20. The van der Waals surface area contributed by atoms with Gasteiger partial charge in [-0.05, 0) is 40.0 Å². The number of anilines is 1. The molecule has 0 saturated heterocycles. The number of rotatable bonds is 3. The minimum absolute atomic E-state index is 0.0498. The molecule has 2 N–H and O–H groups in total. The lowest BCUT2D eigenvalue weighted by molar-refractivity contribution is -0.117. The van der Waals surface area contributed by atoms with E-state index in [1.54, 1.807) is 7.05 Å². The smallest absolute Gasteiger partial charge is 0.241 e. The second-order valence-electron chi connectivity index (χ2n) is 3.59. The van der Waals surface area contributed by atoms with Gasteiger partial charge in [-0.15, -0.1) is 0 Å². The number of likely N-dealkylation sites (N-methyl/N-ethyl adjacent to an activating group) is 1. The maximum Gasteiger partial charge on any atom is 0.241 e. The van der Waals surface area contributed by atoms with Gasteiger partial charge in [0.1, 0.15) is 0 Å². The third-order valence-corrected chi connectivity index (χ3v) is 2.31. The number of hydrogen-bond acceptors (Lipinski definition) is 3. The lowest BCUT2D eigenvalue weighted by Crippen LogP contribution is -2.35. The summed E-state index contributed by atoms with van der Waals surface area (Å²) in [7, 11) is 1.75. The van der Waals surface area contributed by atoms with E-state index < -0.39 is 0 Å². The van der Waals surface area contributed by atoms with Gasteiger partial charge in [0.15, 0.2) is 0 Å². The first-order valence-electron chi connectivity index (χ1n) is 4.97. The molecule has 4 nitrogen and oxygen atoms in total. The van der Waals surface area contributed by atoms with Crippen molar-refractivity contribution in [2.24, 2.45) is 0 Å². The predicted molar refractivity (Wildman–Crippen MR) is 60.9 cm³/mol. The monoisotopic (exact) mass is 207 g/mol. The van der Waals surface area contributed by atoms with Crippen molar-refractivity contribution < 1.29 is 4.79 Å².